The van der Waals surface area contributed by atoms with E-state index < -0.39 is 6.61 Å². The number of rotatable bonds is 4. The Morgan fingerprint density at radius 2 is 2.21 bits per heavy atom. The zero-order chi connectivity index (χ0) is 10.6. The fourth-order valence-corrected chi connectivity index (χ4v) is 1.25. The number of carbonyl (C=O) groups is 1. The molecule has 1 rings (SSSR count). The van der Waals surface area contributed by atoms with Crippen LogP contribution in [0.1, 0.15) is 15.9 Å². The quantitative estimate of drug-likeness (QED) is 0.719. The van der Waals surface area contributed by atoms with E-state index in [4.69, 9.17) is 16.3 Å². The third-order valence-corrected chi connectivity index (χ3v) is 2.17. The maximum absolute atomic E-state index is 11.4. The number of Topliss-reactive ketones (excluding diaryl/α,β-unsaturated/α-hetero) is 1. The summed E-state index contributed by atoms with van der Waals surface area (Å²) in [7, 11) is 1.45. The van der Waals surface area contributed by atoms with Gasteiger partial charge in [-0.15, -0.1) is 0 Å². The summed E-state index contributed by atoms with van der Waals surface area (Å²) < 4.78 is 4.70. The Kier molecular flexibility index (Phi) is 4.07. The van der Waals surface area contributed by atoms with Gasteiger partial charge in [0, 0.05) is 23.3 Å². The van der Waals surface area contributed by atoms with Gasteiger partial charge in [0.1, 0.15) is 13.2 Å². The van der Waals surface area contributed by atoms with Crippen LogP contribution in [0.3, 0.4) is 0 Å². The van der Waals surface area contributed by atoms with Crippen LogP contribution in [-0.2, 0) is 16.5 Å². The van der Waals surface area contributed by atoms with Gasteiger partial charge in [0.15, 0.2) is 5.78 Å². The minimum atomic E-state index is -0.424. The molecule has 1 radical (unpaired) electrons. The smallest absolute Gasteiger partial charge is 0.188 e. The Labute approximate surface area is 87.3 Å². The normalized spacial score (nSPS) is 10.2. The SMILES string of the molecule is COCC(=O)c1ccc(Cl)c(C[O])c1. The number of ketones is 1. The molecule has 1 aromatic carbocycles. The molecule has 0 heterocycles. The maximum Gasteiger partial charge on any atom is 0.188 e. The molecule has 3 nitrogen and oxygen atoms in total. The highest BCUT2D eigenvalue weighted by atomic mass is 35.5. The van der Waals surface area contributed by atoms with E-state index in [-0.39, 0.29) is 12.4 Å². The van der Waals surface area contributed by atoms with E-state index in [2.05, 4.69) is 0 Å². The first-order valence-electron chi connectivity index (χ1n) is 4.07. The molecule has 0 fully saturated rings. The zero-order valence-corrected chi connectivity index (χ0v) is 8.50. The van der Waals surface area contributed by atoms with Gasteiger partial charge < -0.3 is 4.74 Å². The Morgan fingerprint density at radius 1 is 1.50 bits per heavy atom. The third-order valence-electron chi connectivity index (χ3n) is 1.80. The summed E-state index contributed by atoms with van der Waals surface area (Å²) in [6.07, 6.45) is 0. The lowest BCUT2D eigenvalue weighted by Gasteiger charge is -2.03. The second-order valence-corrected chi connectivity index (χ2v) is 3.21. The van der Waals surface area contributed by atoms with Crippen LogP contribution in [0.5, 0.6) is 0 Å². The Hall–Kier alpha value is -0.900. The van der Waals surface area contributed by atoms with Crippen molar-refractivity contribution in [2.45, 2.75) is 6.61 Å². The van der Waals surface area contributed by atoms with Crippen molar-refractivity contribution in [3.8, 4) is 0 Å². The summed E-state index contributed by atoms with van der Waals surface area (Å²) in [6, 6.07) is 4.65. The number of carbonyl (C=O) groups excluding carboxylic acids is 1. The van der Waals surface area contributed by atoms with Crippen molar-refractivity contribution in [2.75, 3.05) is 13.7 Å². The van der Waals surface area contributed by atoms with Crippen molar-refractivity contribution in [2.24, 2.45) is 0 Å². The van der Waals surface area contributed by atoms with E-state index in [9.17, 15) is 9.90 Å². The molecule has 0 amide bonds. The van der Waals surface area contributed by atoms with Crippen molar-refractivity contribution < 1.29 is 14.6 Å². The van der Waals surface area contributed by atoms with Gasteiger partial charge in [-0.25, -0.2) is 5.11 Å². The van der Waals surface area contributed by atoms with Crippen LogP contribution in [0.4, 0.5) is 0 Å². The van der Waals surface area contributed by atoms with Gasteiger partial charge in [0.25, 0.3) is 0 Å². The molecular formula is C10H10ClO3. The summed E-state index contributed by atoms with van der Waals surface area (Å²) in [4.78, 5) is 11.4. The van der Waals surface area contributed by atoms with Gasteiger partial charge in [-0.2, -0.15) is 0 Å². The van der Waals surface area contributed by atoms with E-state index in [0.29, 0.717) is 16.1 Å². The number of benzene rings is 1. The topological polar surface area (TPSA) is 46.2 Å². The largest absolute Gasteiger partial charge is 0.377 e. The van der Waals surface area contributed by atoms with E-state index in [1.165, 1.54) is 13.2 Å². The van der Waals surface area contributed by atoms with Gasteiger partial charge >= 0.3 is 0 Å². The summed E-state index contributed by atoms with van der Waals surface area (Å²) in [6.45, 7) is -0.410. The number of ether oxygens (including phenoxy) is 1. The first kappa shape index (κ1) is 11.2. The molecule has 0 aliphatic rings. The number of methoxy groups -OCH3 is 1. The molecule has 1 aromatic rings. The Balaban J connectivity index is 2.94. The summed E-state index contributed by atoms with van der Waals surface area (Å²) in [5, 5.41) is 11.1. The molecule has 0 unspecified atom stereocenters. The molecule has 0 spiro atoms. The van der Waals surface area contributed by atoms with Gasteiger partial charge in [-0.3, -0.25) is 4.79 Å². The second-order valence-electron chi connectivity index (χ2n) is 2.81. The lowest BCUT2D eigenvalue weighted by atomic mass is 10.1. The van der Waals surface area contributed by atoms with Crippen LogP contribution in [0.2, 0.25) is 5.02 Å². The molecular weight excluding hydrogens is 204 g/mol. The summed E-state index contributed by atoms with van der Waals surface area (Å²) in [5.74, 6) is -0.154. The minimum absolute atomic E-state index is 0.0138. The van der Waals surface area contributed by atoms with Gasteiger partial charge in [0.2, 0.25) is 0 Å². The fourth-order valence-electron chi connectivity index (χ4n) is 1.07. The average molecular weight is 214 g/mol. The van der Waals surface area contributed by atoms with Crippen molar-refractivity contribution in [3.05, 3.63) is 34.3 Å². The highest BCUT2D eigenvalue weighted by Gasteiger charge is 2.08. The molecule has 0 aliphatic heterocycles. The van der Waals surface area contributed by atoms with Crippen LogP contribution >= 0.6 is 11.6 Å². The minimum Gasteiger partial charge on any atom is -0.377 e. The predicted molar refractivity (Wildman–Crippen MR) is 52.0 cm³/mol. The number of hydrogen-bond donors (Lipinski definition) is 0. The molecule has 0 bridgehead atoms. The molecule has 4 heteroatoms. The number of halogens is 1. The predicted octanol–water partition coefficient (Wildman–Crippen LogP) is 2.10. The highest BCUT2D eigenvalue weighted by molar-refractivity contribution is 6.31. The van der Waals surface area contributed by atoms with Crippen LogP contribution in [-0.4, -0.2) is 19.5 Å². The van der Waals surface area contributed by atoms with E-state index in [0.717, 1.165) is 0 Å². The summed E-state index contributed by atoms with van der Waals surface area (Å²) in [5.41, 5.74) is 0.899. The van der Waals surface area contributed by atoms with Crippen molar-refractivity contribution in [1.82, 2.24) is 0 Å². The lowest BCUT2D eigenvalue weighted by Crippen LogP contribution is -2.07. The van der Waals surface area contributed by atoms with Crippen molar-refractivity contribution in [3.63, 3.8) is 0 Å². The molecule has 0 aromatic heterocycles. The molecule has 0 aliphatic carbocycles. The first-order valence-corrected chi connectivity index (χ1v) is 4.45. The Morgan fingerprint density at radius 3 is 2.79 bits per heavy atom. The van der Waals surface area contributed by atoms with Crippen molar-refractivity contribution in [1.29, 1.82) is 0 Å². The molecule has 0 atom stereocenters. The van der Waals surface area contributed by atoms with E-state index in [1.54, 1.807) is 12.1 Å². The van der Waals surface area contributed by atoms with Gasteiger partial charge in [-0.05, 0) is 18.2 Å². The molecule has 0 saturated heterocycles. The van der Waals surface area contributed by atoms with Crippen LogP contribution < -0.4 is 0 Å². The number of hydrogen-bond acceptors (Lipinski definition) is 2. The first-order chi connectivity index (χ1) is 6.69. The third kappa shape index (κ3) is 2.54. The molecule has 14 heavy (non-hydrogen) atoms. The fraction of sp³-hybridized carbons (Fsp3) is 0.300. The molecule has 75 valence electrons. The van der Waals surface area contributed by atoms with Crippen molar-refractivity contribution >= 4 is 17.4 Å². The van der Waals surface area contributed by atoms with Crippen LogP contribution in [0, 0.1) is 0 Å². The standard InChI is InChI=1S/C10H10ClO3/c1-14-6-10(13)7-2-3-9(11)8(4-7)5-12/h2-4H,5-6H2,1H3. The molecule has 0 N–H and O–H groups in total. The summed E-state index contributed by atoms with van der Waals surface area (Å²) >= 11 is 5.74. The van der Waals surface area contributed by atoms with Crippen LogP contribution in [0.25, 0.3) is 0 Å². The van der Waals surface area contributed by atoms with Gasteiger partial charge in [0.05, 0.1) is 0 Å². The lowest BCUT2D eigenvalue weighted by molar-refractivity contribution is 0.0848. The molecule has 0 saturated carbocycles. The van der Waals surface area contributed by atoms with Gasteiger partial charge in [-0.1, -0.05) is 11.6 Å². The van der Waals surface area contributed by atoms with E-state index >= 15 is 0 Å². The maximum atomic E-state index is 11.4. The monoisotopic (exact) mass is 213 g/mol. The van der Waals surface area contributed by atoms with Crippen LogP contribution in [0.15, 0.2) is 18.2 Å². The van der Waals surface area contributed by atoms with E-state index in [1.807, 2.05) is 0 Å². The second kappa shape index (κ2) is 5.10. The highest BCUT2D eigenvalue weighted by Crippen LogP contribution is 2.18. The average Bonchev–Trinajstić information content (AvgIpc) is 2.19. The Bertz CT molecular complexity index is 336. The zero-order valence-electron chi connectivity index (χ0n) is 7.75.